The number of nitrogens with zero attached hydrogens (tertiary/aromatic N) is 1. The highest BCUT2D eigenvalue weighted by Crippen LogP contribution is 2.19. The second-order valence-corrected chi connectivity index (χ2v) is 3.34. The van der Waals surface area contributed by atoms with Crippen molar-refractivity contribution in [3.8, 4) is 0 Å². The lowest BCUT2D eigenvalue weighted by Crippen LogP contribution is -2.40. The van der Waals surface area contributed by atoms with Crippen LogP contribution < -0.4 is 17.6 Å². The number of carboxylic acid groups (broad SMARTS) is 1. The molecule has 0 aliphatic rings. The smallest absolute Gasteiger partial charge is 0.451 e. The fraction of sp³-hybridized carbons (Fsp3) is 0.750. The van der Waals surface area contributed by atoms with E-state index < -0.39 is 30.0 Å². The summed E-state index contributed by atoms with van der Waals surface area (Å²) in [6, 6.07) is -2.80. The molecule has 1 unspecified atom stereocenters. The Morgan fingerprint density at radius 3 is 1.88 bits per heavy atom. The average molecular weight is 256 g/mol. The molecule has 99 valence electrons. The molecule has 0 spiro atoms. The van der Waals surface area contributed by atoms with Gasteiger partial charge in [0.1, 0.15) is 6.04 Å². The maximum atomic E-state index is 11.9. The van der Waals surface area contributed by atoms with Crippen LogP contribution in [0.5, 0.6) is 0 Å². The van der Waals surface area contributed by atoms with Gasteiger partial charge in [-0.25, -0.2) is 0 Å². The SMILES string of the molecule is NC(CCC[C@H](N)C(=O)O)C(=O)C(F)(F)F.[N]. The molecule has 17 heavy (non-hydrogen) atoms. The second kappa shape index (κ2) is 7.20. The van der Waals surface area contributed by atoms with E-state index in [2.05, 4.69) is 0 Å². The number of hydrogen-bond acceptors (Lipinski definition) is 4. The minimum atomic E-state index is -4.95. The predicted octanol–water partition coefficient (Wildman–Crippen LogP) is -0.453. The number of carboxylic acids is 1. The lowest BCUT2D eigenvalue weighted by atomic mass is 10.0. The Morgan fingerprint density at radius 2 is 1.53 bits per heavy atom. The summed E-state index contributed by atoms with van der Waals surface area (Å²) < 4.78 is 35.6. The maximum absolute atomic E-state index is 11.9. The molecular weight excluding hydrogens is 243 g/mol. The minimum absolute atomic E-state index is 0. The molecule has 0 rings (SSSR count). The highest BCUT2D eigenvalue weighted by molar-refractivity contribution is 5.88. The average Bonchev–Trinajstić information content (AvgIpc) is 2.14. The van der Waals surface area contributed by atoms with E-state index in [4.69, 9.17) is 16.6 Å². The molecule has 6 nitrogen and oxygen atoms in total. The van der Waals surface area contributed by atoms with Crippen molar-refractivity contribution < 1.29 is 27.9 Å². The van der Waals surface area contributed by atoms with Gasteiger partial charge in [-0.1, -0.05) is 0 Å². The van der Waals surface area contributed by atoms with Crippen molar-refractivity contribution in [3.05, 3.63) is 0 Å². The molecule has 9 heteroatoms. The Balaban J connectivity index is 0. The summed E-state index contributed by atoms with van der Waals surface area (Å²) in [7, 11) is 0. The number of halogens is 3. The molecule has 0 bridgehead atoms. The number of carbonyl (C=O) groups is 2. The van der Waals surface area contributed by atoms with Crippen molar-refractivity contribution in [1.82, 2.24) is 6.15 Å². The zero-order valence-corrected chi connectivity index (χ0v) is 8.78. The van der Waals surface area contributed by atoms with Gasteiger partial charge in [-0.2, -0.15) is 13.2 Å². The molecule has 0 saturated heterocycles. The summed E-state index contributed by atoms with van der Waals surface area (Å²) in [5.41, 5.74) is 10.1. The Bertz CT molecular complexity index is 270. The van der Waals surface area contributed by atoms with Gasteiger partial charge < -0.3 is 16.6 Å². The van der Waals surface area contributed by atoms with Crippen molar-refractivity contribution in [2.45, 2.75) is 37.5 Å². The summed E-state index contributed by atoms with van der Waals surface area (Å²) in [5.74, 6) is -3.24. The number of Topliss-reactive ketones (excluding diaryl/α,β-unsaturated/α-hetero) is 1. The fourth-order valence-corrected chi connectivity index (χ4v) is 1.02. The van der Waals surface area contributed by atoms with Gasteiger partial charge in [0.15, 0.2) is 0 Å². The monoisotopic (exact) mass is 256 g/mol. The van der Waals surface area contributed by atoms with Gasteiger partial charge in [-0.15, -0.1) is 0 Å². The molecule has 5 N–H and O–H groups in total. The molecule has 0 saturated carbocycles. The van der Waals surface area contributed by atoms with E-state index in [1.54, 1.807) is 0 Å². The van der Waals surface area contributed by atoms with Crippen LogP contribution >= 0.6 is 0 Å². The molecule has 0 heterocycles. The van der Waals surface area contributed by atoms with E-state index in [1.165, 1.54) is 0 Å². The van der Waals surface area contributed by atoms with Gasteiger partial charge >= 0.3 is 12.1 Å². The summed E-state index contributed by atoms with van der Waals surface area (Å²) in [4.78, 5) is 20.8. The molecule has 0 aromatic rings. The van der Waals surface area contributed by atoms with E-state index in [1.807, 2.05) is 0 Å². The van der Waals surface area contributed by atoms with Crippen LogP contribution in [-0.4, -0.2) is 35.1 Å². The molecule has 3 radical (unpaired) electrons. The van der Waals surface area contributed by atoms with Crippen LogP contribution in [0.1, 0.15) is 19.3 Å². The van der Waals surface area contributed by atoms with Crippen LogP contribution in [0.2, 0.25) is 0 Å². The van der Waals surface area contributed by atoms with Gasteiger partial charge in [0.2, 0.25) is 0 Å². The summed E-state index contributed by atoms with van der Waals surface area (Å²) in [6.45, 7) is 0. The Kier molecular flexibility index (Phi) is 7.70. The van der Waals surface area contributed by atoms with Crippen molar-refractivity contribution in [2.75, 3.05) is 0 Å². The van der Waals surface area contributed by atoms with E-state index in [9.17, 15) is 22.8 Å². The molecule has 0 fully saturated rings. The fourth-order valence-electron chi connectivity index (χ4n) is 1.02. The Morgan fingerprint density at radius 1 is 1.12 bits per heavy atom. The van der Waals surface area contributed by atoms with Crippen LogP contribution in [0.4, 0.5) is 13.2 Å². The first-order valence-corrected chi connectivity index (χ1v) is 4.51. The highest BCUT2D eigenvalue weighted by Gasteiger charge is 2.41. The number of carbonyl (C=O) groups excluding carboxylic acids is 1. The number of aliphatic carboxylic acids is 1. The lowest BCUT2D eigenvalue weighted by Gasteiger charge is -2.13. The van der Waals surface area contributed by atoms with Crippen LogP contribution in [0, 0.1) is 0 Å². The third kappa shape index (κ3) is 6.87. The van der Waals surface area contributed by atoms with Gasteiger partial charge in [0.25, 0.3) is 5.78 Å². The third-order valence-corrected chi connectivity index (χ3v) is 1.96. The highest BCUT2D eigenvalue weighted by atomic mass is 19.4. The summed E-state index contributed by atoms with van der Waals surface area (Å²) in [6.07, 6.45) is -5.15. The zero-order valence-electron chi connectivity index (χ0n) is 8.78. The Hall–Kier alpha value is -1.19. The van der Waals surface area contributed by atoms with E-state index in [0.29, 0.717) is 0 Å². The van der Waals surface area contributed by atoms with E-state index >= 15 is 0 Å². The van der Waals surface area contributed by atoms with Crippen molar-refractivity contribution in [1.29, 1.82) is 0 Å². The predicted molar refractivity (Wildman–Crippen MR) is 50.6 cm³/mol. The topological polar surface area (TPSA) is 137 Å². The molecular formula is C8H13F3N3O3. The van der Waals surface area contributed by atoms with Gasteiger partial charge in [0, 0.05) is 6.15 Å². The number of ketones is 1. The van der Waals surface area contributed by atoms with Gasteiger partial charge in [0.05, 0.1) is 6.04 Å². The first-order valence-electron chi connectivity index (χ1n) is 4.51. The maximum Gasteiger partial charge on any atom is 0.451 e. The largest absolute Gasteiger partial charge is 0.480 e. The number of hydrogen-bond donors (Lipinski definition) is 3. The summed E-state index contributed by atoms with van der Waals surface area (Å²) in [5, 5.41) is 8.38. The lowest BCUT2D eigenvalue weighted by molar-refractivity contribution is -0.172. The molecule has 0 aromatic heterocycles. The van der Waals surface area contributed by atoms with Crippen LogP contribution in [0.15, 0.2) is 0 Å². The van der Waals surface area contributed by atoms with Crippen LogP contribution in [0.3, 0.4) is 0 Å². The number of rotatable bonds is 6. The molecule has 2 atom stereocenters. The molecule has 0 aromatic carbocycles. The molecule has 0 aliphatic carbocycles. The molecule has 0 aliphatic heterocycles. The van der Waals surface area contributed by atoms with Gasteiger partial charge in [-0.3, -0.25) is 9.59 Å². The zero-order chi connectivity index (χ0) is 12.9. The van der Waals surface area contributed by atoms with E-state index in [-0.39, 0.29) is 25.4 Å². The summed E-state index contributed by atoms with van der Waals surface area (Å²) >= 11 is 0. The quantitative estimate of drug-likeness (QED) is 0.590. The van der Waals surface area contributed by atoms with Crippen molar-refractivity contribution >= 4 is 11.8 Å². The van der Waals surface area contributed by atoms with Crippen LogP contribution in [0.25, 0.3) is 0 Å². The second-order valence-electron chi connectivity index (χ2n) is 3.34. The van der Waals surface area contributed by atoms with Gasteiger partial charge in [-0.05, 0) is 19.3 Å². The standard InChI is InChI=1S/C8H13F3N2O3.N/c9-8(10,11)6(14)4(12)2-1-3-5(13)7(15)16;/h4-5H,1-3,12-13H2,(H,15,16);/t4?,5-;/m0./s1. The first-order chi connectivity index (χ1) is 7.16. The van der Waals surface area contributed by atoms with E-state index in [0.717, 1.165) is 0 Å². The third-order valence-electron chi connectivity index (χ3n) is 1.96. The number of nitrogens with two attached hydrogens (primary N) is 2. The minimum Gasteiger partial charge on any atom is -0.480 e. The van der Waals surface area contributed by atoms with Crippen molar-refractivity contribution in [2.24, 2.45) is 11.5 Å². The van der Waals surface area contributed by atoms with Crippen LogP contribution in [-0.2, 0) is 9.59 Å². The number of alkyl halides is 3. The Labute approximate surface area is 95.7 Å². The van der Waals surface area contributed by atoms with Crippen molar-refractivity contribution in [3.63, 3.8) is 0 Å². The first kappa shape index (κ1) is 18.2. The molecule has 0 amide bonds. The normalized spacial score (nSPS) is 14.6.